The molecule has 0 atom stereocenters. The van der Waals surface area contributed by atoms with E-state index in [1.165, 1.54) is 4.90 Å². The molecule has 0 unspecified atom stereocenters. The molecule has 0 fully saturated rings. The van der Waals surface area contributed by atoms with Crippen molar-refractivity contribution in [3.05, 3.63) is 42.0 Å². The van der Waals surface area contributed by atoms with Crippen LogP contribution in [0.15, 0.2) is 35.5 Å². The quantitative estimate of drug-likeness (QED) is 0.620. The molecule has 0 amide bonds. The lowest BCUT2D eigenvalue weighted by molar-refractivity contribution is 0.730. The van der Waals surface area contributed by atoms with Crippen molar-refractivity contribution < 1.29 is 0 Å². The Bertz CT molecular complexity index is 453. The zero-order valence-corrected chi connectivity index (χ0v) is 10.5. The van der Waals surface area contributed by atoms with Gasteiger partial charge in [-0.25, -0.2) is 4.98 Å². The van der Waals surface area contributed by atoms with Gasteiger partial charge in [0.25, 0.3) is 0 Å². The molecule has 0 saturated carbocycles. The topological polar surface area (TPSA) is 30.7 Å². The van der Waals surface area contributed by atoms with Crippen molar-refractivity contribution in [2.45, 2.75) is 16.5 Å². The van der Waals surface area contributed by atoms with Gasteiger partial charge in [0.15, 0.2) is 0 Å². The number of nitrogens with zero attached hydrogens (tertiary/aromatic N) is 3. The van der Waals surface area contributed by atoms with Crippen LogP contribution in [-0.4, -0.2) is 14.8 Å². The first-order valence-corrected chi connectivity index (χ1v) is 6.42. The van der Waals surface area contributed by atoms with E-state index in [-0.39, 0.29) is 0 Å². The summed E-state index contributed by atoms with van der Waals surface area (Å²) < 4.78 is 1.79. The van der Waals surface area contributed by atoms with Crippen LogP contribution in [0.3, 0.4) is 0 Å². The van der Waals surface area contributed by atoms with Crippen LogP contribution in [0.25, 0.3) is 0 Å². The molecule has 1 aromatic carbocycles. The number of benzene rings is 1. The summed E-state index contributed by atoms with van der Waals surface area (Å²) >= 11 is 7.48. The molecule has 0 N–H and O–H groups in total. The Morgan fingerprint density at radius 1 is 1.31 bits per heavy atom. The first kappa shape index (κ1) is 11.5. The first-order chi connectivity index (χ1) is 7.79. The van der Waals surface area contributed by atoms with Crippen LogP contribution >= 0.6 is 23.4 Å². The highest BCUT2D eigenvalue weighted by Gasteiger charge is 2.01. The monoisotopic (exact) mass is 253 g/mol. The molecule has 2 rings (SSSR count). The lowest BCUT2D eigenvalue weighted by Crippen LogP contribution is -1.97. The van der Waals surface area contributed by atoms with Crippen molar-refractivity contribution in [2.75, 3.05) is 0 Å². The number of aryl methyl sites for hydroxylation is 1. The zero-order valence-electron chi connectivity index (χ0n) is 8.93. The third-order valence-corrected chi connectivity index (χ3v) is 3.57. The maximum Gasteiger partial charge on any atom is 0.138 e. The summed E-state index contributed by atoms with van der Waals surface area (Å²) in [6, 6.07) is 8.26. The summed E-state index contributed by atoms with van der Waals surface area (Å²) in [6.45, 7) is 0. The molecule has 2 aromatic rings. The highest BCUT2D eigenvalue weighted by Crippen LogP contribution is 2.22. The summed E-state index contributed by atoms with van der Waals surface area (Å²) in [7, 11) is 1.90. The fraction of sp³-hybridized carbons (Fsp3) is 0.273. The molecular weight excluding hydrogens is 242 g/mol. The van der Waals surface area contributed by atoms with Crippen molar-refractivity contribution in [3.8, 4) is 0 Å². The highest BCUT2D eigenvalue weighted by atomic mass is 35.5. The van der Waals surface area contributed by atoms with E-state index in [0.29, 0.717) is 5.88 Å². The summed E-state index contributed by atoms with van der Waals surface area (Å²) in [5.41, 5.74) is 1.14. The van der Waals surface area contributed by atoms with Gasteiger partial charge in [-0.3, -0.25) is 4.68 Å². The van der Waals surface area contributed by atoms with Gasteiger partial charge >= 0.3 is 0 Å². The van der Waals surface area contributed by atoms with E-state index in [1.54, 1.807) is 22.8 Å². The van der Waals surface area contributed by atoms with E-state index >= 15 is 0 Å². The maximum absolute atomic E-state index is 5.73. The van der Waals surface area contributed by atoms with E-state index in [4.69, 9.17) is 11.6 Å². The molecule has 0 radical (unpaired) electrons. The minimum Gasteiger partial charge on any atom is -0.252 e. The van der Waals surface area contributed by atoms with Gasteiger partial charge in [-0.15, -0.1) is 23.4 Å². The van der Waals surface area contributed by atoms with Gasteiger partial charge in [-0.1, -0.05) is 12.1 Å². The van der Waals surface area contributed by atoms with Crippen LogP contribution in [0.1, 0.15) is 11.4 Å². The average Bonchev–Trinajstić information content (AvgIpc) is 2.73. The predicted molar refractivity (Wildman–Crippen MR) is 66.6 cm³/mol. The number of halogens is 1. The normalized spacial score (nSPS) is 10.6. The largest absolute Gasteiger partial charge is 0.252 e. The van der Waals surface area contributed by atoms with Crippen molar-refractivity contribution in [3.63, 3.8) is 0 Å². The Labute approximate surface area is 104 Å². The van der Waals surface area contributed by atoms with Crippen LogP contribution in [0.5, 0.6) is 0 Å². The fourth-order valence-electron chi connectivity index (χ4n) is 1.27. The van der Waals surface area contributed by atoms with Gasteiger partial charge < -0.3 is 0 Å². The second-order valence-electron chi connectivity index (χ2n) is 3.37. The Kier molecular flexibility index (Phi) is 3.85. The SMILES string of the molecule is Cn1ncnc1CSc1ccc(CCl)cc1. The standard InChI is InChI=1S/C11H12ClN3S/c1-15-11(13-8-14-15)7-16-10-4-2-9(6-12)3-5-10/h2-5,8H,6-7H2,1H3. The van der Waals surface area contributed by atoms with Crippen molar-refractivity contribution in [1.29, 1.82) is 0 Å². The third-order valence-electron chi connectivity index (χ3n) is 2.25. The Hall–Kier alpha value is -1.00. The molecule has 0 bridgehead atoms. The van der Waals surface area contributed by atoms with Gasteiger partial charge in [0, 0.05) is 17.8 Å². The summed E-state index contributed by atoms with van der Waals surface area (Å²) in [5, 5.41) is 4.03. The molecule has 16 heavy (non-hydrogen) atoms. The molecule has 1 aromatic heterocycles. The smallest absolute Gasteiger partial charge is 0.138 e. The Morgan fingerprint density at radius 3 is 2.62 bits per heavy atom. The minimum absolute atomic E-state index is 0.564. The first-order valence-electron chi connectivity index (χ1n) is 4.90. The number of rotatable bonds is 4. The van der Waals surface area contributed by atoms with Crippen LogP contribution in [0.4, 0.5) is 0 Å². The molecule has 3 nitrogen and oxygen atoms in total. The van der Waals surface area contributed by atoms with Gasteiger partial charge in [-0.2, -0.15) is 5.10 Å². The summed E-state index contributed by atoms with van der Waals surface area (Å²) in [6.07, 6.45) is 1.58. The molecule has 0 spiro atoms. The number of alkyl halides is 1. The second-order valence-corrected chi connectivity index (χ2v) is 4.68. The van der Waals surface area contributed by atoms with Gasteiger partial charge in [-0.05, 0) is 17.7 Å². The van der Waals surface area contributed by atoms with Crippen molar-refractivity contribution in [1.82, 2.24) is 14.8 Å². The molecule has 1 heterocycles. The third kappa shape index (κ3) is 2.77. The Balaban J connectivity index is 1.97. The molecule has 0 aliphatic carbocycles. The number of thioether (sulfide) groups is 1. The van der Waals surface area contributed by atoms with Gasteiger partial charge in [0.1, 0.15) is 12.2 Å². The molecule has 0 aliphatic heterocycles. The van der Waals surface area contributed by atoms with E-state index < -0.39 is 0 Å². The van der Waals surface area contributed by atoms with Crippen LogP contribution < -0.4 is 0 Å². The van der Waals surface area contributed by atoms with Crippen LogP contribution in [0, 0.1) is 0 Å². The molecule has 5 heteroatoms. The van der Waals surface area contributed by atoms with Crippen LogP contribution in [0.2, 0.25) is 0 Å². The average molecular weight is 254 g/mol. The number of hydrogen-bond donors (Lipinski definition) is 0. The van der Waals surface area contributed by atoms with Gasteiger partial charge in [0.05, 0.1) is 5.75 Å². The van der Waals surface area contributed by atoms with Crippen molar-refractivity contribution in [2.24, 2.45) is 7.05 Å². The lowest BCUT2D eigenvalue weighted by Gasteiger charge is -2.02. The maximum atomic E-state index is 5.73. The van der Waals surface area contributed by atoms with Crippen molar-refractivity contribution >= 4 is 23.4 Å². The zero-order chi connectivity index (χ0) is 11.4. The molecule has 0 aliphatic rings. The minimum atomic E-state index is 0.564. The van der Waals surface area contributed by atoms with E-state index in [0.717, 1.165) is 17.1 Å². The summed E-state index contributed by atoms with van der Waals surface area (Å²) in [4.78, 5) is 5.39. The molecular formula is C11H12ClN3S. The Morgan fingerprint density at radius 2 is 2.06 bits per heavy atom. The van der Waals surface area contributed by atoms with Gasteiger partial charge in [0.2, 0.25) is 0 Å². The number of aromatic nitrogens is 3. The second kappa shape index (κ2) is 5.37. The molecule has 84 valence electrons. The lowest BCUT2D eigenvalue weighted by atomic mass is 10.2. The van der Waals surface area contributed by atoms with E-state index in [9.17, 15) is 0 Å². The van der Waals surface area contributed by atoms with Crippen LogP contribution in [-0.2, 0) is 18.7 Å². The predicted octanol–water partition coefficient (Wildman–Crippen LogP) is 2.85. The number of hydrogen-bond acceptors (Lipinski definition) is 3. The highest BCUT2D eigenvalue weighted by molar-refractivity contribution is 7.98. The van der Waals surface area contributed by atoms with E-state index in [2.05, 4.69) is 22.2 Å². The fourth-order valence-corrected chi connectivity index (χ4v) is 2.34. The molecule has 0 saturated heterocycles. The van der Waals surface area contributed by atoms with E-state index in [1.807, 2.05) is 19.2 Å². The summed E-state index contributed by atoms with van der Waals surface area (Å²) in [5.74, 6) is 2.37.